The maximum Gasteiger partial charge on any atom is 0.121 e. The topological polar surface area (TPSA) is 52.1 Å². The molecular formula is C13H17N3O. The van der Waals surface area contributed by atoms with Crippen LogP contribution in [0.25, 0.3) is 11.0 Å². The smallest absolute Gasteiger partial charge is 0.121 e. The van der Waals surface area contributed by atoms with E-state index >= 15 is 0 Å². The van der Waals surface area contributed by atoms with Crippen LogP contribution in [-0.2, 0) is 6.54 Å². The van der Waals surface area contributed by atoms with E-state index in [-0.39, 0.29) is 0 Å². The molecule has 3 rings (SSSR count). The highest BCUT2D eigenvalue weighted by Crippen LogP contribution is 2.18. The normalized spacial score (nSPS) is 21.4. The summed E-state index contributed by atoms with van der Waals surface area (Å²) in [6.45, 7) is 3.19. The number of aromatic amines is 1. The number of aliphatic hydroxyl groups is 1. The molecule has 1 atom stereocenters. The molecule has 1 aliphatic heterocycles. The number of H-pyrrole nitrogens is 1. The van der Waals surface area contributed by atoms with E-state index in [1.165, 1.54) is 0 Å². The maximum atomic E-state index is 9.11. The minimum atomic E-state index is 0.302. The molecule has 0 aliphatic carbocycles. The lowest BCUT2D eigenvalue weighted by molar-refractivity contribution is 0.219. The van der Waals surface area contributed by atoms with Crippen molar-refractivity contribution in [2.24, 2.45) is 5.92 Å². The van der Waals surface area contributed by atoms with Crippen molar-refractivity contribution in [1.82, 2.24) is 14.9 Å². The van der Waals surface area contributed by atoms with Crippen LogP contribution in [0, 0.1) is 5.92 Å². The predicted molar refractivity (Wildman–Crippen MR) is 66.6 cm³/mol. The Labute approximate surface area is 100 Å². The molecule has 0 spiro atoms. The van der Waals surface area contributed by atoms with E-state index in [0.717, 1.165) is 42.9 Å². The first-order chi connectivity index (χ1) is 8.35. The third kappa shape index (κ3) is 2.18. The van der Waals surface area contributed by atoms with Gasteiger partial charge >= 0.3 is 0 Å². The lowest BCUT2D eigenvalue weighted by atomic mass is 10.1. The zero-order valence-electron chi connectivity index (χ0n) is 9.76. The Kier molecular flexibility index (Phi) is 2.82. The summed E-state index contributed by atoms with van der Waals surface area (Å²) in [5.41, 5.74) is 2.13. The minimum Gasteiger partial charge on any atom is -0.396 e. The molecule has 4 heteroatoms. The predicted octanol–water partition coefficient (Wildman–Crippen LogP) is 1.38. The maximum absolute atomic E-state index is 9.11. The first-order valence-electron chi connectivity index (χ1n) is 6.12. The number of imidazole rings is 1. The lowest BCUT2D eigenvalue weighted by Crippen LogP contribution is -2.21. The number of nitrogens with zero attached hydrogens (tertiary/aromatic N) is 2. The van der Waals surface area contributed by atoms with Gasteiger partial charge in [-0.25, -0.2) is 4.98 Å². The van der Waals surface area contributed by atoms with Crippen LogP contribution in [0.3, 0.4) is 0 Å². The molecule has 0 amide bonds. The molecule has 17 heavy (non-hydrogen) atoms. The van der Waals surface area contributed by atoms with E-state index in [1.807, 2.05) is 24.3 Å². The van der Waals surface area contributed by atoms with Gasteiger partial charge in [-0.15, -0.1) is 0 Å². The van der Waals surface area contributed by atoms with Gasteiger partial charge < -0.3 is 10.1 Å². The van der Waals surface area contributed by atoms with Crippen LogP contribution in [0.5, 0.6) is 0 Å². The van der Waals surface area contributed by atoms with E-state index in [9.17, 15) is 0 Å². The van der Waals surface area contributed by atoms with Gasteiger partial charge in [0.2, 0.25) is 0 Å². The van der Waals surface area contributed by atoms with Crippen molar-refractivity contribution < 1.29 is 5.11 Å². The van der Waals surface area contributed by atoms with Crippen LogP contribution in [0.15, 0.2) is 24.3 Å². The first-order valence-corrected chi connectivity index (χ1v) is 6.12. The second kappa shape index (κ2) is 4.47. The Hall–Kier alpha value is -1.39. The molecule has 1 aromatic heterocycles. The number of rotatable bonds is 3. The van der Waals surface area contributed by atoms with Gasteiger partial charge in [0.15, 0.2) is 0 Å². The fraction of sp³-hybridized carbons (Fsp3) is 0.462. The zero-order chi connectivity index (χ0) is 11.7. The van der Waals surface area contributed by atoms with Crippen molar-refractivity contribution in [3.8, 4) is 0 Å². The largest absolute Gasteiger partial charge is 0.396 e. The van der Waals surface area contributed by atoms with E-state index in [4.69, 9.17) is 5.11 Å². The average Bonchev–Trinajstić information content (AvgIpc) is 2.94. The van der Waals surface area contributed by atoms with Crippen molar-refractivity contribution in [2.75, 3.05) is 19.7 Å². The number of likely N-dealkylation sites (tertiary alicyclic amines) is 1. The van der Waals surface area contributed by atoms with Gasteiger partial charge in [0.25, 0.3) is 0 Å². The number of hydrogen-bond donors (Lipinski definition) is 2. The number of benzene rings is 1. The number of para-hydroxylation sites is 2. The van der Waals surface area contributed by atoms with Crippen LogP contribution in [-0.4, -0.2) is 39.7 Å². The second-order valence-electron chi connectivity index (χ2n) is 4.77. The standard InChI is InChI=1S/C13H17N3O/c17-9-10-5-6-16(7-10)8-13-14-11-3-1-2-4-12(11)15-13/h1-4,10,17H,5-9H2,(H,14,15)/t10-/m1/s1. The monoisotopic (exact) mass is 231 g/mol. The van der Waals surface area contributed by atoms with Crippen molar-refractivity contribution in [3.63, 3.8) is 0 Å². The summed E-state index contributed by atoms with van der Waals surface area (Å²) >= 11 is 0. The molecule has 4 nitrogen and oxygen atoms in total. The quantitative estimate of drug-likeness (QED) is 0.839. The Bertz CT molecular complexity index is 475. The van der Waals surface area contributed by atoms with Crippen LogP contribution >= 0.6 is 0 Å². The number of aromatic nitrogens is 2. The van der Waals surface area contributed by atoms with Gasteiger partial charge in [0, 0.05) is 13.2 Å². The first kappa shape index (κ1) is 10.7. The SMILES string of the molecule is OC[C@@H]1CCN(Cc2nc3ccccc3[nH]2)C1. The summed E-state index contributed by atoms with van der Waals surface area (Å²) in [6.07, 6.45) is 1.09. The number of fused-ring (bicyclic) bond motifs is 1. The number of aliphatic hydroxyl groups excluding tert-OH is 1. The average molecular weight is 231 g/mol. The molecule has 0 unspecified atom stereocenters. The summed E-state index contributed by atoms with van der Waals surface area (Å²) in [7, 11) is 0. The fourth-order valence-corrected chi connectivity index (χ4v) is 2.50. The summed E-state index contributed by atoms with van der Waals surface area (Å²) in [4.78, 5) is 10.3. The Morgan fingerprint density at radius 3 is 3.06 bits per heavy atom. The van der Waals surface area contributed by atoms with Crippen molar-refractivity contribution >= 4 is 11.0 Å². The molecule has 2 heterocycles. The van der Waals surface area contributed by atoms with Crippen LogP contribution < -0.4 is 0 Å². The highest BCUT2D eigenvalue weighted by molar-refractivity contribution is 5.74. The molecule has 1 fully saturated rings. The van der Waals surface area contributed by atoms with E-state index < -0.39 is 0 Å². The molecule has 0 radical (unpaired) electrons. The Morgan fingerprint density at radius 2 is 2.29 bits per heavy atom. The van der Waals surface area contributed by atoms with Crippen LogP contribution in [0.2, 0.25) is 0 Å². The molecule has 1 saturated heterocycles. The molecular weight excluding hydrogens is 214 g/mol. The van der Waals surface area contributed by atoms with E-state index in [1.54, 1.807) is 0 Å². The Balaban J connectivity index is 1.73. The van der Waals surface area contributed by atoms with Gasteiger partial charge in [0.1, 0.15) is 5.82 Å². The van der Waals surface area contributed by atoms with Crippen molar-refractivity contribution in [1.29, 1.82) is 0 Å². The minimum absolute atomic E-state index is 0.302. The summed E-state index contributed by atoms with van der Waals surface area (Å²) in [5.74, 6) is 1.46. The molecule has 1 aromatic carbocycles. The van der Waals surface area contributed by atoms with Crippen molar-refractivity contribution in [2.45, 2.75) is 13.0 Å². The molecule has 2 aromatic rings. The summed E-state index contributed by atoms with van der Waals surface area (Å²) in [5, 5.41) is 9.11. The fourth-order valence-electron chi connectivity index (χ4n) is 2.50. The van der Waals surface area contributed by atoms with Gasteiger partial charge in [0.05, 0.1) is 17.6 Å². The summed E-state index contributed by atoms with van der Waals surface area (Å²) < 4.78 is 0. The molecule has 90 valence electrons. The van der Waals surface area contributed by atoms with Gasteiger partial charge in [-0.2, -0.15) is 0 Å². The lowest BCUT2D eigenvalue weighted by Gasteiger charge is -2.13. The van der Waals surface area contributed by atoms with E-state index in [2.05, 4.69) is 14.9 Å². The Morgan fingerprint density at radius 1 is 1.41 bits per heavy atom. The molecule has 0 bridgehead atoms. The van der Waals surface area contributed by atoms with Crippen molar-refractivity contribution in [3.05, 3.63) is 30.1 Å². The van der Waals surface area contributed by atoms with Gasteiger partial charge in [-0.1, -0.05) is 12.1 Å². The highest BCUT2D eigenvalue weighted by atomic mass is 16.3. The summed E-state index contributed by atoms with van der Waals surface area (Å²) in [6, 6.07) is 8.09. The number of nitrogens with one attached hydrogen (secondary N) is 1. The zero-order valence-corrected chi connectivity index (χ0v) is 9.76. The molecule has 1 aliphatic rings. The third-order valence-electron chi connectivity index (χ3n) is 3.44. The molecule has 2 N–H and O–H groups in total. The second-order valence-corrected chi connectivity index (χ2v) is 4.77. The van der Waals surface area contributed by atoms with Gasteiger partial charge in [-0.05, 0) is 31.0 Å². The molecule has 0 saturated carbocycles. The van der Waals surface area contributed by atoms with Crippen LogP contribution in [0.1, 0.15) is 12.2 Å². The highest BCUT2D eigenvalue weighted by Gasteiger charge is 2.22. The van der Waals surface area contributed by atoms with E-state index in [0.29, 0.717) is 12.5 Å². The van der Waals surface area contributed by atoms with Crippen LogP contribution in [0.4, 0.5) is 0 Å². The number of hydrogen-bond acceptors (Lipinski definition) is 3. The third-order valence-corrected chi connectivity index (χ3v) is 3.44. The van der Waals surface area contributed by atoms with Gasteiger partial charge in [-0.3, -0.25) is 4.90 Å².